The maximum absolute atomic E-state index is 14.0. The summed E-state index contributed by atoms with van der Waals surface area (Å²) in [6.07, 6.45) is 0.289. The molecule has 8 nitrogen and oxygen atoms in total. The van der Waals surface area contributed by atoms with Crippen molar-refractivity contribution in [2.45, 2.75) is 32.7 Å². The maximum atomic E-state index is 14.0. The number of aliphatic carboxylic acids is 1. The van der Waals surface area contributed by atoms with Gasteiger partial charge in [-0.2, -0.15) is 5.10 Å². The third kappa shape index (κ3) is 5.72. The van der Waals surface area contributed by atoms with E-state index < -0.39 is 23.7 Å². The second kappa shape index (κ2) is 10.8. The van der Waals surface area contributed by atoms with Gasteiger partial charge in [0, 0.05) is 6.04 Å². The van der Waals surface area contributed by atoms with Gasteiger partial charge in [0.2, 0.25) is 0 Å². The van der Waals surface area contributed by atoms with Gasteiger partial charge in [-0.15, -0.1) is 0 Å². The summed E-state index contributed by atoms with van der Waals surface area (Å²) in [7, 11) is 3.02. The molecular weight excluding hydrogens is 441 g/mol. The summed E-state index contributed by atoms with van der Waals surface area (Å²) >= 11 is 0. The number of aromatic nitrogens is 2. The fourth-order valence-corrected chi connectivity index (χ4v) is 3.81. The highest BCUT2D eigenvalue weighted by molar-refractivity contribution is 5.94. The van der Waals surface area contributed by atoms with Crippen LogP contribution in [-0.4, -0.2) is 47.0 Å². The molecule has 34 heavy (non-hydrogen) atoms. The lowest BCUT2D eigenvalue weighted by atomic mass is 10.0. The van der Waals surface area contributed by atoms with E-state index in [4.69, 9.17) is 9.47 Å². The highest BCUT2D eigenvalue weighted by atomic mass is 19.1. The van der Waals surface area contributed by atoms with Crippen LogP contribution in [0.3, 0.4) is 0 Å². The number of ether oxygens (including phenoxy) is 2. The molecule has 1 amide bonds. The van der Waals surface area contributed by atoms with Crippen molar-refractivity contribution in [1.82, 2.24) is 15.1 Å². The molecule has 0 aliphatic carbocycles. The van der Waals surface area contributed by atoms with E-state index in [-0.39, 0.29) is 18.0 Å². The minimum absolute atomic E-state index is 0.0476. The lowest BCUT2D eigenvalue weighted by molar-refractivity contribution is -0.137. The standard InChI is InChI=1S/C25H28FN3O5/c1-15(2)11-17(13-23(30)31)27-25(32)19-14-20(24-21(33-3)9-6-10-22(24)34-4)29(28-19)18-8-5-7-16(26)12-18/h5-10,12,14-15,17H,11,13H2,1-4H3,(H,27,32)(H,30,31). The summed E-state index contributed by atoms with van der Waals surface area (Å²) in [6, 6.07) is 12.1. The predicted octanol–water partition coefficient (Wildman–Crippen LogP) is 4.31. The smallest absolute Gasteiger partial charge is 0.305 e. The average molecular weight is 470 g/mol. The van der Waals surface area contributed by atoms with E-state index >= 15 is 0 Å². The molecule has 0 saturated heterocycles. The van der Waals surface area contributed by atoms with E-state index in [0.717, 1.165) is 0 Å². The van der Waals surface area contributed by atoms with E-state index in [1.54, 1.807) is 36.4 Å². The first-order valence-electron chi connectivity index (χ1n) is 10.8. The molecule has 1 aromatic heterocycles. The molecule has 0 aliphatic rings. The Bertz CT molecular complexity index is 1150. The quantitative estimate of drug-likeness (QED) is 0.459. The van der Waals surface area contributed by atoms with E-state index in [2.05, 4.69) is 10.4 Å². The van der Waals surface area contributed by atoms with Crippen LogP contribution in [0.4, 0.5) is 4.39 Å². The fourth-order valence-electron chi connectivity index (χ4n) is 3.81. The summed E-state index contributed by atoms with van der Waals surface area (Å²) in [5.41, 5.74) is 1.42. The van der Waals surface area contributed by atoms with Gasteiger partial charge in [0.05, 0.1) is 37.6 Å². The van der Waals surface area contributed by atoms with Crippen molar-refractivity contribution in [2.75, 3.05) is 14.2 Å². The Kier molecular flexibility index (Phi) is 7.88. The van der Waals surface area contributed by atoms with Crippen LogP contribution in [0.25, 0.3) is 16.9 Å². The molecule has 180 valence electrons. The molecule has 3 aromatic rings. The third-order valence-corrected chi connectivity index (χ3v) is 5.19. The lowest BCUT2D eigenvalue weighted by Crippen LogP contribution is -2.37. The van der Waals surface area contributed by atoms with Crippen molar-refractivity contribution in [3.05, 3.63) is 60.0 Å². The number of carbonyl (C=O) groups is 2. The van der Waals surface area contributed by atoms with Gasteiger partial charge < -0.3 is 19.9 Å². The number of halogens is 1. The number of carboxylic acid groups (broad SMARTS) is 1. The minimum atomic E-state index is -1.00. The van der Waals surface area contributed by atoms with E-state index in [1.165, 1.54) is 31.0 Å². The molecule has 0 fully saturated rings. The average Bonchev–Trinajstić information content (AvgIpc) is 3.22. The number of hydrogen-bond acceptors (Lipinski definition) is 5. The molecule has 0 aliphatic heterocycles. The van der Waals surface area contributed by atoms with Gasteiger partial charge in [-0.1, -0.05) is 26.0 Å². The van der Waals surface area contributed by atoms with E-state index in [9.17, 15) is 19.1 Å². The van der Waals surface area contributed by atoms with Crippen LogP contribution < -0.4 is 14.8 Å². The zero-order valence-corrected chi connectivity index (χ0v) is 19.5. The van der Waals surface area contributed by atoms with Crippen LogP contribution in [0.1, 0.15) is 37.2 Å². The molecule has 0 spiro atoms. The minimum Gasteiger partial charge on any atom is -0.496 e. The number of carbonyl (C=O) groups excluding carboxylic acids is 1. The number of amides is 1. The van der Waals surface area contributed by atoms with Gasteiger partial charge in [0.25, 0.3) is 5.91 Å². The summed E-state index contributed by atoms with van der Waals surface area (Å²) in [4.78, 5) is 24.4. The molecule has 9 heteroatoms. The van der Waals surface area contributed by atoms with Crippen LogP contribution in [-0.2, 0) is 4.79 Å². The van der Waals surface area contributed by atoms with Crippen molar-refractivity contribution in [3.8, 4) is 28.4 Å². The molecule has 3 rings (SSSR count). The normalized spacial score (nSPS) is 11.8. The Labute approximate surface area is 197 Å². The molecule has 2 aromatic carbocycles. The van der Waals surface area contributed by atoms with Crippen LogP contribution in [0, 0.1) is 11.7 Å². The topological polar surface area (TPSA) is 103 Å². The number of carboxylic acids is 1. The lowest BCUT2D eigenvalue weighted by Gasteiger charge is -2.18. The van der Waals surface area contributed by atoms with Gasteiger partial charge in [-0.25, -0.2) is 9.07 Å². The Balaban J connectivity index is 2.12. The Morgan fingerprint density at radius 2 is 1.74 bits per heavy atom. The number of methoxy groups -OCH3 is 2. The van der Waals surface area contributed by atoms with Gasteiger partial charge in [0.1, 0.15) is 17.3 Å². The van der Waals surface area contributed by atoms with Crippen LogP contribution in [0.5, 0.6) is 11.5 Å². The van der Waals surface area contributed by atoms with Gasteiger partial charge in [-0.3, -0.25) is 9.59 Å². The largest absolute Gasteiger partial charge is 0.496 e. The third-order valence-electron chi connectivity index (χ3n) is 5.19. The van der Waals surface area contributed by atoms with Crippen molar-refractivity contribution >= 4 is 11.9 Å². The molecule has 2 N–H and O–H groups in total. The molecule has 0 bridgehead atoms. The summed E-state index contributed by atoms with van der Waals surface area (Å²) in [5, 5.41) is 16.4. The first-order valence-corrected chi connectivity index (χ1v) is 10.8. The number of hydrogen-bond donors (Lipinski definition) is 2. The Morgan fingerprint density at radius 3 is 2.29 bits per heavy atom. The van der Waals surface area contributed by atoms with Crippen LogP contribution in [0.15, 0.2) is 48.5 Å². The molecule has 1 atom stereocenters. The van der Waals surface area contributed by atoms with Crippen LogP contribution in [0.2, 0.25) is 0 Å². The second-order valence-electron chi connectivity index (χ2n) is 8.24. The summed E-state index contributed by atoms with van der Waals surface area (Å²) in [6.45, 7) is 3.90. The second-order valence-corrected chi connectivity index (χ2v) is 8.24. The molecule has 1 unspecified atom stereocenters. The number of rotatable bonds is 10. The van der Waals surface area contributed by atoms with Crippen molar-refractivity contribution in [1.29, 1.82) is 0 Å². The fraction of sp³-hybridized carbons (Fsp3) is 0.320. The number of benzene rings is 2. The Hall–Kier alpha value is -3.88. The molecule has 1 heterocycles. The highest BCUT2D eigenvalue weighted by Gasteiger charge is 2.24. The van der Waals surface area contributed by atoms with E-state index in [0.29, 0.717) is 34.9 Å². The number of nitrogens with one attached hydrogen (secondary N) is 1. The van der Waals surface area contributed by atoms with E-state index in [1.807, 2.05) is 13.8 Å². The highest BCUT2D eigenvalue weighted by Crippen LogP contribution is 2.39. The van der Waals surface area contributed by atoms with Crippen molar-refractivity contribution in [3.63, 3.8) is 0 Å². The summed E-state index contributed by atoms with van der Waals surface area (Å²) in [5.74, 6) is -0.856. The number of nitrogens with zero attached hydrogens (tertiary/aromatic N) is 2. The maximum Gasteiger partial charge on any atom is 0.305 e. The van der Waals surface area contributed by atoms with Crippen molar-refractivity contribution in [2.24, 2.45) is 5.92 Å². The molecular formula is C25H28FN3O5. The summed E-state index contributed by atoms with van der Waals surface area (Å²) < 4.78 is 26.5. The zero-order valence-electron chi connectivity index (χ0n) is 19.5. The molecule has 0 radical (unpaired) electrons. The zero-order chi connectivity index (χ0) is 24.8. The first kappa shape index (κ1) is 24.8. The Morgan fingerprint density at radius 1 is 1.09 bits per heavy atom. The monoisotopic (exact) mass is 469 g/mol. The van der Waals surface area contributed by atoms with Gasteiger partial charge in [-0.05, 0) is 48.7 Å². The van der Waals surface area contributed by atoms with Crippen LogP contribution >= 0.6 is 0 Å². The molecule has 0 saturated carbocycles. The van der Waals surface area contributed by atoms with Crippen molar-refractivity contribution < 1.29 is 28.6 Å². The van der Waals surface area contributed by atoms with Gasteiger partial charge >= 0.3 is 5.97 Å². The predicted molar refractivity (Wildman–Crippen MR) is 125 cm³/mol. The van der Waals surface area contributed by atoms with Gasteiger partial charge in [0.15, 0.2) is 5.69 Å². The SMILES string of the molecule is COc1cccc(OC)c1-c1cc(C(=O)NC(CC(=O)O)CC(C)C)nn1-c1cccc(F)c1. The first-order chi connectivity index (χ1) is 16.2.